The first-order valence-electron chi connectivity index (χ1n) is 5.83. The highest BCUT2D eigenvalue weighted by atomic mass is 19.4. The van der Waals surface area contributed by atoms with Gasteiger partial charge >= 0.3 is 6.18 Å². The molecule has 0 radical (unpaired) electrons. The number of nitrogen functional groups attached to an aromatic ring is 1. The number of anilines is 1. The number of hydrogen-bond donors (Lipinski definition) is 1. The third-order valence-electron chi connectivity index (χ3n) is 2.99. The highest BCUT2D eigenvalue weighted by Crippen LogP contribution is 2.32. The van der Waals surface area contributed by atoms with E-state index < -0.39 is 11.9 Å². The maximum atomic E-state index is 12.6. The molecular formula is C13H14F3N3. The van der Waals surface area contributed by atoms with Crippen LogP contribution in [0.2, 0.25) is 0 Å². The molecule has 0 saturated heterocycles. The van der Waals surface area contributed by atoms with Crippen molar-refractivity contribution in [2.75, 3.05) is 5.73 Å². The van der Waals surface area contributed by atoms with Crippen LogP contribution >= 0.6 is 0 Å². The van der Waals surface area contributed by atoms with Gasteiger partial charge in [0.25, 0.3) is 0 Å². The minimum absolute atomic E-state index is 0.390. The number of halogens is 3. The maximum absolute atomic E-state index is 12.6. The molecule has 0 fully saturated rings. The fourth-order valence-electron chi connectivity index (χ4n) is 1.95. The fourth-order valence-corrected chi connectivity index (χ4v) is 1.95. The number of benzene rings is 1. The second-order valence-electron chi connectivity index (χ2n) is 4.30. The van der Waals surface area contributed by atoms with Crippen molar-refractivity contribution in [2.24, 2.45) is 7.05 Å². The molecule has 3 nitrogen and oxygen atoms in total. The van der Waals surface area contributed by atoms with Gasteiger partial charge in [-0.25, -0.2) is 0 Å². The number of nitrogens with two attached hydrogens (primary N) is 1. The van der Waals surface area contributed by atoms with Crippen LogP contribution in [0.5, 0.6) is 0 Å². The van der Waals surface area contributed by atoms with Crippen LogP contribution in [0.3, 0.4) is 0 Å². The van der Waals surface area contributed by atoms with Crippen molar-refractivity contribution in [2.45, 2.75) is 19.5 Å². The van der Waals surface area contributed by atoms with E-state index in [1.165, 1.54) is 11.7 Å². The van der Waals surface area contributed by atoms with Gasteiger partial charge in [0.1, 0.15) is 0 Å². The number of aromatic nitrogens is 2. The lowest BCUT2D eigenvalue weighted by Gasteiger charge is -2.06. The third kappa shape index (κ3) is 2.57. The Hall–Kier alpha value is -1.98. The highest BCUT2D eigenvalue weighted by molar-refractivity contribution is 5.67. The fraction of sp³-hybridized carbons (Fsp3) is 0.308. The topological polar surface area (TPSA) is 43.8 Å². The first-order valence-corrected chi connectivity index (χ1v) is 5.83. The highest BCUT2D eigenvalue weighted by Gasteiger charge is 2.34. The van der Waals surface area contributed by atoms with Gasteiger partial charge in [0.2, 0.25) is 0 Å². The van der Waals surface area contributed by atoms with E-state index in [1.807, 2.05) is 13.0 Å². The number of alkyl halides is 3. The number of rotatable bonds is 2. The number of nitrogens with zero attached hydrogens (tertiary/aromatic N) is 2. The zero-order valence-corrected chi connectivity index (χ0v) is 10.6. The molecule has 2 rings (SSSR count). The number of hydrogen-bond acceptors (Lipinski definition) is 2. The molecular weight excluding hydrogens is 255 g/mol. The van der Waals surface area contributed by atoms with Crippen molar-refractivity contribution < 1.29 is 13.2 Å². The van der Waals surface area contributed by atoms with Crippen molar-refractivity contribution in [1.29, 1.82) is 0 Å². The average molecular weight is 269 g/mol. The molecule has 2 aromatic rings. The molecule has 2 N–H and O–H groups in total. The van der Waals surface area contributed by atoms with E-state index in [4.69, 9.17) is 5.73 Å². The Labute approximate surface area is 108 Å². The van der Waals surface area contributed by atoms with Crippen LogP contribution in [-0.4, -0.2) is 9.78 Å². The Morgan fingerprint density at radius 1 is 1.26 bits per heavy atom. The minimum atomic E-state index is -4.44. The van der Waals surface area contributed by atoms with Crippen LogP contribution < -0.4 is 5.73 Å². The third-order valence-corrected chi connectivity index (χ3v) is 2.99. The SMILES string of the molecule is CCc1ccc(-c2cc(C(F)(F)F)nn2C)cc1N. The molecule has 0 unspecified atom stereocenters. The van der Waals surface area contributed by atoms with Crippen LogP contribution in [0.1, 0.15) is 18.2 Å². The van der Waals surface area contributed by atoms with Crippen molar-refractivity contribution >= 4 is 5.69 Å². The lowest BCUT2D eigenvalue weighted by Crippen LogP contribution is -2.06. The van der Waals surface area contributed by atoms with Gasteiger partial charge in [0.05, 0.1) is 5.69 Å². The normalized spacial score (nSPS) is 11.8. The van der Waals surface area contributed by atoms with Gasteiger partial charge in [-0.05, 0) is 24.1 Å². The maximum Gasteiger partial charge on any atom is 0.435 e. The van der Waals surface area contributed by atoms with E-state index in [9.17, 15) is 13.2 Å². The summed E-state index contributed by atoms with van der Waals surface area (Å²) >= 11 is 0. The molecule has 6 heteroatoms. The van der Waals surface area contributed by atoms with Crippen molar-refractivity contribution in [3.63, 3.8) is 0 Å². The quantitative estimate of drug-likeness (QED) is 0.850. The standard InChI is InChI=1S/C13H14F3N3/c1-3-8-4-5-9(6-10(8)17)11-7-12(13(14,15)16)18-19(11)2/h4-7H,3,17H2,1-2H3. The molecule has 0 aliphatic heterocycles. The second kappa shape index (κ2) is 4.60. The molecule has 0 saturated carbocycles. The monoisotopic (exact) mass is 269 g/mol. The predicted octanol–water partition coefficient (Wildman–Crippen LogP) is 3.25. The van der Waals surface area contributed by atoms with E-state index in [1.54, 1.807) is 12.1 Å². The summed E-state index contributed by atoms with van der Waals surface area (Å²) in [4.78, 5) is 0. The molecule has 1 aromatic carbocycles. The smallest absolute Gasteiger partial charge is 0.398 e. The van der Waals surface area contributed by atoms with Gasteiger partial charge in [0.15, 0.2) is 5.69 Å². The predicted molar refractivity (Wildman–Crippen MR) is 67.4 cm³/mol. The van der Waals surface area contributed by atoms with Gasteiger partial charge in [-0.1, -0.05) is 19.1 Å². The van der Waals surface area contributed by atoms with Crippen LogP contribution in [0.15, 0.2) is 24.3 Å². The summed E-state index contributed by atoms with van der Waals surface area (Å²) in [6, 6.07) is 6.29. The molecule has 1 aromatic heterocycles. The van der Waals surface area contributed by atoms with Crippen molar-refractivity contribution in [1.82, 2.24) is 9.78 Å². The molecule has 19 heavy (non-hydrogen) atoms. The first-order chi connectivity index (χ1) is 8.82. The summed E-state index contributed by atoms with van der Waals surface area (Å²) in [5.74, 6) is 0. The van der Waals surface area contributed by atoms with Gasteiger partial charge in [-0.2, -0.15) is 18.3 Å². The zero-order chi connectivity index (χ0) is 14.2. The molecule has 0 aliphatic rings. The van der Waals surface area contributed by atoms with E-state index in [0.29, 0.717) is 16.9 Å². The summed E-state index contributed by atoms with van der Waals surface area (Å²) in [5, 5.41) is 3.48. The summed E-state index contributed by atoms with van der Waals surface area (Å²) in [7, 11) is 1.48. The lowest BCUT2D eigenvalue weighted by molar-refractivity contribution is -0.141. The van der Waals surface area contributed by atoms with Gasteiger partial charge < -0.3 is 5.73 Å². The lowest BCUT2D eigenvalue weighted by atomic mass is 10.0. The van der Waals surface area contributed by atoms with Gasteiger partial charge in [-0.3, -0.25) is 4.68 Å². The van der Waals surface area contributed by atoms with Crippen LogP contribution in [0.4, 0.5) is 18.9 Å². The van der Waals surface area contributed by atoms with Crippen LogP contribution in [-0.2, 0) is 19.6 Å². The minimum Gasteiger partial charge on any atom is -0.398 e. The molecule has 0 amide bonds. The largest absolute Gasteiger partial charge is 0.435 e. The van der Waals surface area contributed by atoms with Gasteiger partial charge in [0, 0.05) is 18.3 Å². The van der Waals surface area contributed by atoms with Crippen LogP contribution in [0, 0.1) is 0 Å². The summed E-state index contributed by atoms with van der Waals surface area (Å²) < 4.78 is 39.0. The molecule has 0 aliphatic carbocycles. The second-order valence-corrected chi connectivity index (χ2v) is 4.30. The zero-order valence-electron chi connectivity index (χ0n) is 10.6. The number of aryl methyl sites for hydroxylation is 2. The molecule has 0 spiro atoms. The summed E-state index contributed by atoms with van der Waals surface area (Å²) in [6.07, 6.45) is -3.66. The van der Waals surface area contributed by atoms with E-state index >= 15 is 0 Å². The van der Waals surface area contributed by atoms with E-state index in [-0.39, 0.29) is 0 Å². The first kappa shape index (κ1) is 13.5. The van der Waals surface area contributed by atoms with E-state index in [0.717, 1.165) is 18.1 Å². The van der Waals surface area contributed by atoms with E-state index in [2.05, 4.69) is 5.10 Å². The summed E-state index contributed by atoms with van der Waals surface area (Å²) in [5.41, 5.74) is 7.53. The Morgan fingerprint density at radius 3 is 2.42 bits per heavy atom. The van der Waals surface area contributed by atoms with Crippen molar-refractivity contribution in [3.8, 4) is 11.3 Å². The molecule has 1 heterocycles. The summed E-state index contributed by atoms with van der Waals surface area (Å²) in [6.45, 7) is 1.97. The molecule has 0 bridgehead atoms. The van der Waals surface area contributed by atoms with Gasteiger partial charge in [-0.15, -0.1) is 0 Å². The molecule has 0 atom stereocenters. The van der Waals surface area contributed by atoms with Crippen LogP contribution in [0.25, 0.3) is 11.3 Å². The van der Waals surface area contributed by atoms with Crippen molar-refractivity contribution in [3.05, 3.63) is 35.5 Å². The Kier molecular flexibility index (Phi) is 3.26. The Bertz CT molecular complexity index is 600. The Morgan fingerprint density at radius 2 is 1.95 bits per heavy atom. The average Bonchev–Trinajstić information content (AvgIpc) is 2.71. The Balaban J connectivity index is 2.48. The molecule has 102 valence electrons.